The minimum atomic E-state index is 0.220. The lowest BCUT2D eigenvalue weighted by Crippen LogP contribution is -2.22. The summed E-state index contributed by atoms with van der Waals surface area (Å²) in [6, 6.07) is 0. The summed E-state index contributed by atoms with van der Waals surface area (Å²) >= 11 is 0. The Bertz CT molecular complexity index is 176. The van der Waals surface area contributed by atoms with Crippen molar-refractivity contribution in [1.82, 2.24) is 0 Å². The summed E-state index contributed by atoms with van der Waals surface area (Å²) in [7, 11) is 1.79. The topological polar surface area (TPSA) is 9.23 Å². The molecule has 0 N–H and O–H groups in total. The maximum atomic E-state index is 5.33. The first-order valence-electron chi connectivity index (χ1n) is 7.37. The molecular formula is C16H32O. The summed E-state index contributed by atoms with van der Waals surface area (Å²) in [5.41, 5.74) is 0.220. The van der Waals surface area contributed by atoms with Crippen LogP contribution in [0, 0.1) is 5.41 Å². The van der Waals surface area contributed by atoms with E-state index in [2.05, 4.69) is 26.5 Å². The van der Waals surface area contributed by atoms with Crippen LogP contribution in [0.15, 0.2) is 12.7 Å². The Hall–Kier alpha value is -0.300. The summed E-state index contributed by atoms with van der Waals surface area (Å²) in [5, 5.41) is 0. The first-order valence-corrected chi connectivity index (χ1v) is 7.37. The van der Waals surface area contributed by atoms with Gasteiger partial charge < -0.3 is 4.74 Å². The normalized spacial score (nSPS) is 14.5. The molecule has 1 unspecified atom stereocenters. The van der Waals surface area contributed by atoms with Gasteiger partial charge in [-0.2, -0.15) is 0 Å². The van der Waals surface area contributed by atoms with E-state index in [1.54, 1.807) is 7.11 Å². The number of methoxy groups -OCH3 is 1. The van der Waals surface area contributed by atoms with Crippen LogP contribution in [0.1, 0.15) is 71.6 Å². The van der Waals surface area contributed by atoms with Crippen molar-refractivity contribution in [1.29, 1.82) is 0 Å². The SMILES string of the molecule is C=CC(CC)(CCCCCCCCC)COC. The van der Waals surface area contributed by atoms with Crippen LogP contribution in [0.25, 0.3) is 0 Å². The van der Waals surface area contributed by atoms with Gasteiger partial charge in [0.25, 0.3) is 0 Å². The van der Waals surface area contributed by atoms with Crippen molar-refractivity contribution >= 4 is 0 Å². The molecule has 17 heavy (non-hydrogen) atoms. The molecule has 0 spiro atoms. The Kier molecular flexibility index (Phi) is 10.6. The van der Waals surface area contributed by atoms with Crippen LogP contribution in [0.5, 0.6) is 0 Å². The molecular weight excluding hydrogens is 208 g/mol. The molecule has 1 heteroatoms. The second-order valence-electron chi connectivity index (χ2n) is 5.22. The maximum Gasteiger partial charge on any atom is 0.0552 e. The first kappa shape index (κ1) is 16.7. The molecule has 1 nitrogen and oxygen atoms in total. The third kappa shape index (κ3) is 7.59. The highest BCUT2D eigenvalue weighted by Crippen LogP contribution is 2.30. The van der Waals surface area contributed by atoms with Crippen LogP contribution >= 0.6 is 0 Å². The Morgan fingerprint density at radius 2 is 1.59 bits per heavy atom. The Morgan fingerprint density at radius 3 is 2.06 bits per heavy atom. The number of unbranched alkanes of at least 4 members (excludes halogenated alkanes) is 6. The van der Waals surface area contributed by atoms with Crippen molar-refractivity contribution in [3.8, 4) is 0 Å². The zero-order valence-corrected chi connectivity index (χ0v) is 12.3. The smallest absolute Gasteiger partial charge is 0.0552 e. The zero-order chi connectivity index (χ0) is 13.0. The molecule has 0 amide bonds. The van der Waals surface area contributed by atoms with Gasteiger partial charge >= 0.3 is 0 Å². The van der Waals surface area contributed by atoms with Gasteiger partial charge in [-0.25, -0.2) is 0 Å². The largest absolute Gasteiger partial charge is 0.384 e. The van der Waals surface area contributed by atoms with Gasteiger partial charge in [-0.1, -0.05) is 64.9 Å². The first-order chi connectivity index (χ1) is 8.24. The standard InChI is InChI=1S/C16H32O/c1-5-8-9-10-11-12-13-14-16(6-2,7-3)15-17-4/h6H,2,5,7-15H2,1,3-4H3. The van der Waals surface area contributed by atoms with Crippen molar-refractivity contribution in [2.24, 2.45) is 5.41 Å². The third-order valence-corrected chi connectivity index (χ3v) is 3.85. The highest BCUT2D eigenvalue weighted by molar-refractivity contribution is 4.93. The van der Waals surface area contributed by atoms with Gasteiger partial charge in [-0.05, 0) is 12.8 Å². The molecule has 0 aromatic carbocycles. The van der Waals surface area contributed by atoms with Gasteiger partial charge in [0.15, 0.2) is 0 Å². The minimum absolute atomic E-state index is 0.220. The van der Waals surface area contributed by atoms with Gasteiger partial charge in [0.05, 0.1) is 6.61 Å². The molecule has 0 saturated carbocycles. The monoisotopic (exact) mass is 240 g/mol. The number of ether oxygens (including phenoxy) is 1. The average Bonchev–Trinajstić information content (AvgIpc) is 2.36. The summed E-state index contributed by atoms with van der Waals surface area (Å²) in [5.74, 6) is 0. The molecule has 0 aromatic heterocycles. The minimum Gasteiger partial charge on any atom is -0.384 e. The predicted molar refractivity (Wildman–Crippen MR) is 77.4 cm³/mol. The number of hydrogen-bond donors (Lipinski definition) is 0. The van der Waals surface area contributed by atoms with E-state index >= 15 is 0 Å². The van der Waals surface area contributed by atoms with Gasteiger partial charge in [0.1, 0.15) is 0 Å². The third-order valence-electron chi connectivity index (χ3n) is 3.85. The molecule has 0 aliphatic carbocycles. The lowest BCUT2D eigenvalue weighted by Gasteiger charge is -2.28. The van der Waals surface area contributed by atoms with E-state index in [0.29, 0.717) is 0 Å². The van der Waals surface area contributed by atoms with E-state index in [0.717, 1.165) is 13.0 Å². The van der Waals surface area contributed by atoms with Gasteiger partial charge in [-0.15, -0.1) is 6.58 Å². The zero-order valence-electron chi connectivity index (χ0n) is 12.3. The summed E-state index contributed by atoms with van der Waals surface area (Å²) in [4.78, 5) is 0. The van der Waals surface area contributed by atoms with E-state index in [4.69, 9.17) is 4.74 Å². The molecule has 0 aromatic rings. The second-order valence-corrected chi connectivity index (χ2v) is 5.22. The van der Waals surface area contributed by atoms with Gasteiger partial charge in [-0.3, -0.25) is 0 Å². The van der Waals surface area contributed by atoms with Crippen LogP contribution in [0.3, 0.4) is 0 Å². The fourth-order valence-corrected chi connectivity index (χ4v) is 2.38. The van der Waals surface area contributed by atoms with Crippen LogP contribution in [-0.2, 0) is 4.74 Å². The van der Waals surface area contributed by atoms with Crippen molar-refractivity contribution < 1.29 is 4.74 Å². The molecule has 102 valence electrons. The van der Waals surface area contributed by atoms with Crippen molar-refractivity contribution in [2.75, 3.05) is 13.7 Å². The van der Waals surface area contributed by atoms with E-state index in [1.807, 2.05) is 0 Å². The fourth-order valence-electron chi connectivity index (χ4n) is 2.38. The van der Waals surface area contributed by atoms with E-state index < -0.39 is 0 Å². The van der Waals surface area contributed by atoms with E-state index in [-0.39, 0.29) is 5.41 Å². The summed E-state index contributed by atoms with van der Waals surface area (Å²) in [6.07, 6.45) is 14.1. The molecule has 0 rings (SSSR count). The average molecular weight is 240 g/mol. The lowest BCUT2D eigenvalue weighted by atomic mass is 9.81. The molecule has 0 aliphatic heterocycles. The van der Waals surface area contributed by atoms with Gasteiger partial charge in [0.2, 0.25) is 0 Å². The van der Waals surface area contributed by atoms with Crippen LogP contribution < -0.4 is 0 Å². The molecule has 0 bridgehead atoms. The van der Waals surface area contributed by atoms with Gasteiger partial charge in [0, 0.05) is 12.5 Å². The van der Waals surface area contributed by atoms with Crippen LogP contribution in [-0.4, -0.2) is 13.7 Å². The fraction of sp³-hybridized carbons (Fsp3) is 0.875. The Balaban J connectivity index is 3.64. The van der Waals surface area contributed by atoms with Crippen molar-refractivity contribution in [3.05, 3.63) is 12.7 Å². The molecule has 0 aliphatic rings. The Morgan fingerprint density at radius 1 is 1.00 bits per heavy atom. The maximum absolute atomic E-state index is 5.33. The number of hydrogen-bond acceptors (Lipinski definition) is 1. The van der Waals surface area contributed by atoms with E-state index in [9.17, 15) is 0 Å². The van der Waals surface area contributed by atoms with Crippen LogP contribution in [0.4, 0.5) is 0 Å². The highest BCUT2D eigenvalue weighted by Gasteiger charge is 2.23. The second kappa shape index (κ2) is 10.8. The highest BCUT2D eigenvalue weighted by atomic mass is 16.5. The van der Waals surface area contributed by atoms with E-state index in [1.165, 1.54) is 51.4 Å². The van der Waals surface area contributed by atoms with Crippen molar-refractivity contribution in [2.45, 2.75) is 71.6 Å². The van der Waals surface area contributed by atoms with Crippen LogP contribution in [0.2, 0.25) is 0 Å². The molecule has 0 fully saturated rings. The molecule has 0 heterocycles. The molecule has 0 saturated heterocycles. The predicted octanol–water partition coefficient (Wildman–Crippen LogP) is 5.36. The summed E-state index contributed by atoms with van der Waals surface area (Å²) < 4.78 is 5.33. The molecule has 1 atom stereocenters. The summed E-state index contributed by atoms with van der Waals surface area (Å²) in [6.45, 7) is 9.31. The quantitative estimate of drug-likeness (QED) is 0.330. The lowest BCUT2D eigenvalue weighted by molar-refractivity contribution is 0.100. The Labute approximate surface area is 109 Å². The number of rotatable bonds is 12. The van der Waals surface area contributed by atoms with Crippen molar-refractivity contribution in [3.63, 3.8) is 0 Å². The molecule has 0 radical (unpaired) electrons.